The third-order valence-electron chi connectivity index (χ3n) is 4.98. The molecule has 0 bridgehead atoms. The van der Waals surface area contributed by atoms with E-state index in [4.69, 9.17) is 10.5 Å². The first-order valence-corrected chi connectivity index (χ1v) is 8.15. The smallest absolute Gasteiger partial charge is 0.310 e. The molecular weight excluding hydrogens is 369 g/mol. The van der Waals surface area contributed by atoms with Gasteiger partial charge < -0.3 is 10.5 Å². The number of aromatic nitrogens is 1. The lowest BCUT2D eigenvalue weighted by atomic mass is 9.72. The molecule has 1 atom stereocenters. The Bertz CT molecular complexity index is 946. The van der Waals surface area contributed by atoms with E-state index in [0.717, 1.165) is 18.3 Å². The van der Waals surface area contributed by atoms with Crippen molar-refractivity contribution in [3.8, 4) is 11.1 Å². The molecule has 1 aliphatic carbocycles. The molecule has 0 unspecified atom stereocenters. The van der Waals surface area contributed by atoms with Crippen LogP contribution in [0.15, 0.2) is 41.7 Å². The fourth-order valence-corrected chi connectivity index (χ4v) is 3.63. The van der Waals surface area contributed by atoms with Gasteiger partial charge in [-0.1, -0.05) is 12.1 Å². The number of ether oxygens (including phenoxy) is 1. The molecule has 142 valence electrons. The Balaban J connectivity index is 1.95. The average Bonchev–Trinajstić information content (AvgIpc) is 2.61. The van der Waals surface area contributed by atoms with Crippen molar-refractivity contribution in [3.63, 3.8) is 0 Å². The van der Waals surface area contributed by atoms with Crippen LogP contribution >= 0.6 is 0 Å². The van der Waals surface area contributed by atoms with E-state index in [1.807, 2.05) is 0 Å². The monoisotopic (exact) mass is 383 g/mol. The quantitative estimate of drug-likeness (QED) is 0.759. The van der Waals surface area contributed by atoms with E-state index in [2.05, 4.69) is 9.98 Å². The summed E-state index contributed by atoms with van der Waals surface area (Å²) >= 11 is 0. The Morgan fingerprint density at radius 2 is 1.74 bits per heavy atom. The summed E-state index contributed by atoms with van der Waals surface area (Å²) in [4.78, 5) is 7.11. The highest BCUT2D eigenvalue weighted by atomic mass is 19.3. The average molecular weight is 383 g/mol. The molecule has 0 saturated carbocycles. The number of nitrogens with zero attached hydrogens (tertiary/aromatic N) is 2. The van der Waals surface area contributed by atoms with Crippen molar-refractivity contribution in [2.24, 2.45) is 10.7 Å². The van der Waals surface area contributed by atoms with E-state index >= 15 is 0 Å². The Morgan fingerprint density at radius 3 is 2.48 bits per heavy atom. The number of fused-ring (bicyclic) bond motifs is 2. The first kappa shape index (κ1) is 17.7. The van der Waals surface area contributed by atoms with Crippen LogP contribution in [0, 0.1) is 5.82 Å². The molecule has 1 aromatic carbocycles. The van der Waals surface area contributed by atoms with Crippen LogP contribution in [0.5, 0.6) is 0 Å². The molecule has 0 fully saturated rings. The maximum Gasteiger partial charge on any atom is 0.310 e. The van der Waals surface area contributed by atoms with Crippen molar-refractivity contribution in [1.82, 2.24) is 4.98 Å². The molecule has 1 aromatic heterocycles. The molecule has 4 nitrogen and oxygen atoms in total. The van der Waals surface area contributed by atoms with E-state index in [1.54, 1.807) is 0 Å². The van der Waals surface area contributed by atoms with Gasteiger partial charge in [0.1, 0.15) is 12.4 Å². The number of aliphatic imine (C=N–C) groups is 1. The zero-order valence-corrected chi connectivity index (χ0v) is 13.9. The molecule has 1 spiro atoms. The molecule has 4 rings (SSSR count). The Kier molecular flexibility index (Phi) is 3.70. The number of halogens is 5. The normalized spacial score (nSPS) is 25.4. The van der Waals surface area contributed by atoms with Crippen LogP contribution < -0.4 is 5.73 Å². The molecule has 0 saturated heterocycles. The second-order valence-corrected chi connectivity index (χ2v) is 6.64. The minimum absolute atomic E-state index is 0.262. The van der Waals surface area contributed by atoms with Crippen LogP contribution in [0.25, 0.3) is 11.1 Å². The van der Waals surface area contributed by atoms with Gasteiger partial charge in [0.25, 0.3) is 11.9 Å². The van der Waals surface area contributed by atoms with Gasteiger partial charge in [-0.3, -0.25) is 4.98 Å². The van der Waals surface area contributed by atoms with Gasteiger partial charge in [-0.05, 0) is 17.7 Å². The number of pyridine rings is 1. The SMILES string of the molecule is NC1=NCC(F)(F)[C@]2(CCC(F)(F)c3ccc(-c4cncc(F)c4)cc32)O1. The topological polar surface area (TPSA) is 60.5 Å². The summed E-state index contributed by atoms with van der Waals surface area (Å²) in [5.74, 6) is -7.48. The fourth-order valence-electron chi connectivity index (χ4n) is 3.63. The predicted octanol–water partition coefficient (Wildman–Crippen LogP) is 3.95. The second-order valence-electron chi connectivity index (χ2n) is 6.64. The first-order chi connectivity index (χ1) is 12.6. The number of amidine groups is 1. The van der Waals surface area contributed by atoms with Crippen LogP contribution in [0.4, 0.5) is 22.0 Å². The summed E-state index contributed by atoms with van der Waals surface area (Å²) in [7, 11) is 0. The number of hydrogen-bond acceptors (Lipinski definition) is 4. The van der Waals surface area contributed by atoms with Gasteiger partial charge >= 0.3 is 5.92 Å². The van der Waals surface area contributed by atoms with Gasteiger partial charge in [-0.15, -0.1) is 0 Å². The zero-order valence-electron chi connectivity index (χ0n) is 13.9. The Labute approximate surface area is 150 Å². The highest BCUT2D eigenvalue weighted by molar-refractivity contribution is 5.74. The lowest BCUT2D eigenvalue weighted by Gasteiger charge is -2.46. The number of alkyl halides is 4. The predicted molar refractivity (Wildman–Crippen MR) is 87.0 cm³/mol. The highest BCUT2D eigenvalue weighted by Gasteiger charge is 2.64. The molecule has 9 heteroatoms. The molecule has 27 heavy (non-hydrogen) atoms. The second kappa shape index (κ2) is 5.64. The summed E-state index contributed by atoms with van der Waals surface area (Å²) < 4.78 is 77.3. The van der Waals surface area contributed by atoms with Gasteiger partial charge in [0.15, 0.2) is 0 Å². The van der Waals surface area contributed by atoms with Crippen molar-refractivity contribution in [1.29, 1.82) is 0 Å². The summed E-state index contributed by atoms with van der Waals surface area (Å²) in [6, 6.07) is 4.22. The molecule has 2 N–H and O–H groups in total. The first-order valence-electron chi connectivity index (χ1n) is 8.15. The molecule has 1 aliphatic heterocycles. The maximum atomic E-state index is 14.8. The van der Waals surface area contributed by atoms with E-state index < -0.39 is 54.2 Å². The molecule has 2 aliphatic rings. The van der Waals surface area contributed by atoms with Crippen molar-refractivity contribution in [3.05, 3.63) is 53.6 Å². The molecular formula is C18H14F5N3O. The van der Waals surface area contributed by atoms with Crippen LogP contribution in [0.1, 0.15) is 24.0 Å². The van der Waals surface area contributed by atoms with E-state index in [1.165, 1.54) is 18.3 Å². The highest BCUT2D eigenvalue weighted by Crippen LogP contribution is 2.56. The zero-order chi connectivity index (χ0) is 19.4. The molecule has 0 radical (unpaired) electrons. The van der Waals surface area contributed by atoms with Gasteiger partial charge in [0, 0.05) is 35.7 Å². The summed E-state index contributed by atoms with van der Waals surface area (Å²) in [6.45, 7) is -0.963. The third kappa shape index (κ3) is 2.64. The maximum absolute atomic E-state index is 14.8. The minimum Gasteiger partial charge on any atom is -0.447 e. The van der Waals surface area contributed by atoms with Crippen molar-refractivity contribution in [2.45, 2.75) is 30.3 Å². The van der Waals surface area contributed by atoms with Crippen molar-refractivity contribution >= 4 is 6.02 Å². The summed E-state index contributed by atoms with van der Waals surface area (Å²) in [5.41, 5.74) is 2.75. The molecule has 0 amide bonds. The van der Waals surface area contributed by atoms with Crippen LogP contribution in [-0.2, 0) is 16.3 Å². The van der Waals surface area contributed by atoms with E-state index in [-0.39, 0.29) is 16.7 Å². The van der Waals surface area contributed by atoms with Crippen LogP contribution in [0.3, 0.4) is 0 Å². The largest absolute Gasteiger partial charge is 0.447 e. The lowest BCUT2D eigenvalue weighted by Crippen LogP contribution is -2.57. The van der Waals surface area contributed by atoms with Gasteiger partial charge in [0.05, 0.1) is 6.20 Å². The third-order valence-corrected chi connectivity index (χ3v) is 4.98. The molecule has 2 aromatic rings. The Morgan fingerprint density at radius 1 is 0.963 bits per heavy atom. The Hall–Kier alpha value is -2.71. The molecule has 2 heterocycles. The van der Waals surface area contributed by atoms with Gasteiger partial charge in [-0.2, -0.15) is 8.78 Å². The van der Waals surface area contributed by atoms with Crippen LogP contribution in [0.2, 0.25) is 0 Å². The summed E-state index contributed by atoms with van der Waals surface area (Å²) in [5, 5.41) is 0. The van der Waals surface area contributed by atoms with Crippen molar-refractivity contribution < 1.29 is 26.7 Å². The standard InChI is InChI=1S/C18H14F5N3O/c19-12-5-11(7-25-8-12)10-1-2-13-14(6-10)16(3-4-17(13,20)21)18(22,23)9-26-15(24)27-16/h1-2,5-8H,3-4,9H2,(H2,24,26)/t16-/m1/s1. The van der Waals surface area contributed by atoms with Crippen molar-refractivity contribution in [2.75, 3.05) is 6.54 Å². The number of hydrogen-bond donors (Lipinski definition) is 1. The number of nitrogens with two attached hydrogens (primary N) is 1. The summed E-state index contributed by atoms with van der Waals surface area (Å²) in [6.07, 6.45) is 0.839. The minimum atomic E-state index is -3.54. The van der Waals surface area contributed by atoms with E-state index in [0.29, 0.717) is 0 Å². The fraction of sp³-hybridized carbons (Fsp3) is 0.333. The number of rotatable bonds is 1. The number of benzene rings is 1. The van der Waals surface area contributed by atoms with Gasteiger partial charge in [0.2, 0.25) is 5.60 Å². The van der Waals surface area contributed by atoms with Gasteiger partial charge in [-0.25, -0.2) is 18.2 Å². The lowest BCUT2D eigenvalue weighted by molar-refractivity contribution is -0.203. The van der Waals surface area contributed by atoms with E-state index in [9.17, 15) is 22.0 Å². The van der Waals surface area contributed by atoms with Crippen LogP contribution in [-0.4, -0.2) is 23.5 Å².